The molecule has 4 nitrogen and oxygen atoms in total. The number of carbonyl (C=O) groups excluding carboxylic acids is 1. The van der Waals surface area contributed by atoms with E-state index in [2.05, 4.69) is 17.6 Å². The summed E-state index contributed by atoms with van der Waals surface area (Å²) >= 11 is 5.85. The van der Waals surface area contributed by atoms with E-state index in [0.29, 0.717) is 16.6 Å². The molecule has 1 unspecified atom stereocenters. The second-order valence-electron chi connectivity index (χ2n) is 4.86. The van der Waals surface area contributed by atoms with Gasteiger partial charge in [-0.2, -0.15) is 0 Å². The lowest BCUT2D eigenvalue weighted by Crippen LogP contribution is -2.32. The van der Waals surface area contributed by atoms with Gasteiger partial charge in [-0.3, -0.25) is 4.79 Å². The highest BCUT2D eigenvalue weighted by Gasteiger charge is 2.08. The van der Waals surface area contributed by atoms with E-state index < -0.39 is 0 Å². The van der Waals surface area contributed by atoms with Crippen molar-refractivity contribution < 1.29 is 9.90 Å². The minimum Gasteiger partial charge on any atom is -0.396 e. The van der Waals surface area contributed by atoms with E-state index in [9.17, 15) is 4.79 Å². The summed E-state index contributed by atoms with van der Waals surface area (Å²) in [6.45, 7) is 3.33. The van der Waals surface area contributed by atoms with Crippen molar-refractivity contribution in [3.8, 4) is 0 Å². The van der Waals surface area contributed by atoms with Gasteiger partial charge in [0.1, 0.15) is 0 Å². The van der Waals surface area contributed by atoms with Crippen molar-refractivity contribution in [3.05, 3.63) is 29.3 Å². The van der Waals surface area contributed by atoms with Gasteiger partial charge in [-0.25, -0.2) is 0 Å². The Balaban J connectivity index is 2.28. The molecular weight excluding hydrogens is 276 g/mol. The quantitative estimate of drug-likeness (QED) is 0.657. The number of halogens is 1. The highest BCUT2D eigenvalue weighted by molar-refractivity contribution is 6.30. The molecule has 3 N–H and O–H groups in total. The standard InChI is InChI=1S/C15H23ClN2O2/c1-2-4-12(7-8-19)10-17-11-15(20)18-14-6-3-5-13(16)9-14/h3,5-6,9,12,17,19H,2,4,7-8,10-11H2,1H3,(H,18,20). The fourth-order valence-electron chi connectivity index (χ4n) is 2.10. The zero-order valence-corrected chi connectivity index (χ0v) is 12.6. The highest BCUT2D eigenvalue weighted by Crippen LogP contribution is 2.14. The van der Waals surface area contributed by atoms with Crippen LogP contribution in [0.15, 0.2) is 24.3 Å². The Morgan fingerprint density at radius 1 is 1.40 bits per heavy atom. The average Bonchev–Trinajstić information content (AvgIpc) is 2.39. The number of aliphatic hydroxyl groups is 1. The number of anilines is 1. The molecule has 0 bridgehead atoms. The van der Waals surface area contributed by atoms with Crippen LogP contribution in [0.1, 0.15) is 26.2 Å². The number of rotatable bonds is 9. The maximum atomic E-state index is 11.8. The molecule has 0 saturated carbocycles. The fourth-order valence-corrected chi connectivity index (χ4v) is 2.29. The lowest BCUT2D eigenvalue weighted by Gasteiger charge is -2.15. The summed E-state index contributed by atoms with van der Waals surface area (Å²) in [6.07, 6.45) is 2.92. The largest absolute Gasteiger partial charge is 0.396 e. The van der Waals surface area contributed by atoms with Crippen LogP contribution in [0.5, 0.6) is 0 Å². The van der Waals surface area contributed by atoms with E-state index in [4.69, 9.17) is 16.7 Å². The predicted molar refractivity (Wildman–Crippen MR) is 83.1 cm³/mol. The summed E-state index contributed by atoms with van der Waals surface area (Å²) in [6, 6.07) is 7.07. The van der Waals surface area contributed by atoms with Crippen LogP contribution in [0.25, 0.3) is 0 Å². The lowest BCUT2D eigenvalue weighted by atomic mass is 10.0. The van der Waals surface area contributed by atoms with Crippen LogP contribution in [0.3, 0.4) is 0 Å². The van der Waals surface area contributed by atoms with Crippen LogP contribution in [-0.4, -0.2) is 30.7 Å². The normalized spacial score (nSPS) is 12.2. The molecule has 0 aliphatic heterocycles. The molecule has 0 saturated heterocycles. The third-order valence-corrected chi connectivity index (χ3v) is 3.30. The molecular formula is C15H23ClN2O2. The Morgan fingerprint density at radius 2 is 2.20 bits per heavy atom. The molecule has 1 amide bonds. The van der Waals surface area contributed by atoms with Gasteiger partial charge in [-0.05, 0) is 43.5 Å². The lowest BCUT2D eigenvalue weighted by molar-refractivity contribution is -0.115. The molecule has 112 valence electrons. The van der Waals surface area contributed by atoms with Gasteiger partial charge in [-0.1, -0.05) is 31.0 Å². The van der Waals surface area contributed by atoms with Gasteiger partial charge in [0.15, 0.2) is 0 Å². The monoisotopic (exact) mass is 298 g/mol. The number of nitrogens with one attached hydrogen (secondary N) is 2. The van der Waals surface area contributed by atoms with Crippen LogP contribution in [0, 0.1) is 5.92 Å². The summed E-state index contributed by atoms with van der Waals surface area (Å²) in [5.74, 6) is 0.329. The second kappa shape index (κ2) is 9.75. The van der Waals surface area contributed by atoms with Crippen molar-refractivity contribution in [3.63, 3.8) is 0 Å². The first-order chi connectivity index (χ1) is 9.65. The molecule has 1 aromatic rings. The third-order valence-electron chi connectivity index (χ3n) is 3.06. The van der Waals surface area contributed by atoms with Gasteiger partial charge in [-0.15, -0.1) is 0 Å². The Bertz CT molecular complexity index is 407. The Hall–Kier alpha value is -1.10. The number of carbonyl (C=O) groups is 1. The minimum atomic E-state index is -0.0912. The molecule has 0 fully saturated rings. The first-order valence-electron chi connectivity index (χ1n) is 7.02. The van der Waals surface area contributed by atoms with Crippen molar-refractivity contribution in [1.29, 1.82) is 0 Å². The van der Waals surface area contributed by atoms with Gasteiger partial charge in [0.25, 0.3) is 0 Å². The number of amides is 1. The van der Waals surface area contributed by atoms with Crippen LogP contribution in [-0.2, 0) is 4.79 Å². The molecule has 1 atom stereocenters. The van der Waals surface area contributed by atoms with E-state index in [1.54, 1.807) is 24.3 Å². The smallest absolute Gasteiger partial charge is 0.238 e. The molecule has 0 radical (unpaired) electrons. The number of aliphatic hydroxyl groups excluding tert-OH is 1. The van der Waals surface area contributed by atoms with Crippen LogP contribution >= 0.6 is 11.6 Å². The molecule has 1 rings (SSSR count). The average molecular weight is 299 g/mol. The van der Waals surface area contributed by atoms with E-state index in [1.165, 1.54) is 0 Å². The highest BCUT2D eigenvalue weighted by atomic mass is 35.5. The molecule has 20 heavy (non-hydrogen) atoms. The molecule has 1 aromatic carbocycles. The number of hydrogen-bond acceptors (Lipinski definition) is 3. The Labute approximate surface area is 125 Å². The summed E-state index contributed by atoms with van der Waals surface area (Å²) in [5.41, 5.74) is 0.699. The minimum absolute atomic E-state index is 0.0912. The van der Waals surface area contributed by atoms with Gasteiger partial charge in [0.05, 0.1) is 6.54 Å². The number of hydrogen-bond donors (Lipinski definition) is 3. The van der Waals surface area contributed by atoms with Gasteiger partial charge in [0, 0.05) is 17.3 Å². The molecule has 0 heterocycles. The molecule has 5 heteroatoms. The third kappa shape index (κ3) is 6.89. The molecule has 0 spiro atoms. The Morgan fingerprint density at radius 3 is 2.85 bits per heavy atom. The van der Waals surface area contributed by atoms with Crippen molar-refractivity contribution in [2.45, 2.75) is 26.2 Å². The van der Waals surface area contributed by atoms with Crippen molar-refractivity contribution >= 4 is 23.2 Å². The molecule has 0 aliphatic rings. The fraction of sp³-hybridized carbons (Fsp3) is 0.533. The van der Waals surface area contributed by atoms with Gasteiger partial charge >= 0.3 is 0 Å². The summed E-state index contributed by atoms with van der Waals surface area (Å²) in [5, 5.41) is 15.5. The second-order valence-corrected chi connectivity index (χ2v) is 5.29. The van der Waals surface area contributed by atoms with E-state index in [0.717, 1.165) is 25.8 Å². The van der Waals surface area contributed by atoms with Crippen LogP contribution in [0.4, 0.5) is 5.69 Å². The maximum Gasteiger partial charge on any atom is 0.238 e. The van der Waals surface area contributed by atoms with E-state index >= 15 is 0 Å². The predicted octanol–water partition coefficient (Wildman–Crippen LogP) is 2.67. The first kappa shape index (κ1) is 17.0. The van der Waals surface area contributed by atoms with E-state index in [-0.39, 0.29) is 19.1 Å². The van der Waals surface area contributed by atoms with Crippen molar-refractivity contribution in [1.82, 2.24) is 5.32 Å². The Kier molecular flexibility index (Phi) is 8.26. The van der Waals surface area contributed by atoms with Gasteiger partial charge in [0.2, 0.25) is 5.91 Å². The number of benzene rings is 1. The SMILES string of the molecule is CCCC(CCO)CNCC(=O)Nc1cccc(Cl)c1. The van der Waals surface area contributed by atoms with Crippen molar-refractivity contribution in [2.24, 2.45) is 5.92 Å². The van der Waals surface area contributed by atoms with E-state index in [1.807, 2.05) is 0 Å². The zero-order chi connectivity index (χ0) is 14.8. The summed E-state index contributed by atoms with van der Waals surface area (Å²) in [4.78, 5) is 11.8. The summed E-state index contributed by atoms with van der Waals surface area (Å²) < 4.78 is 0. The first-order valence-corrected chi connectivity index (χ1v) is 7.40. The molecule has 0 aromatic heterocycles. The summed E-state index contributed by atoms with van der Waals surface area (Å²) in [7, 11) is 0. The molecule has 0 aliphatic carbocycles. The topological polar surface area (TPSA) is 61.4 Å². The maximum absolute atomic E-state index is 11.8. The zero-order valence-electron chi connectivity index (χ0n) is 11.9. The van der Waals surface area contributed by atoms with Crippen LogP contribution in [0.2, 0.25) is 5.02 Å². The van der Waals surface area contributed by atoms with Gasteiger partial charge < -0.3 is 15.7 Å². The van der Waals surface area contributed by atoms with Crippen LogP contribution < -0.4 is 10.6 Å². The van der Waals surface area contributed by atoms with Crippen molar-refractivity contribution in [2.75, 3.05) is 25.0 Å².